The molecule has 0 saturated carbocycles. The number of rotatable bonds is 8. The average Bonchev–Trinajstić information content (AvgIpc) is 2.46. The van der Waals surface area contributed by atoms with E-state index in [2.05, 4.69) is 0 Å². The van der Waals surface area contributed by atoms with Gasteiger partial charge >= 0.3 is 5.97 Å². The quantitative estimate of drug-likeness (QED) is 0.419. The second-order valence-corrected chi connectivity index (χ2v) is 5.91. The number of hydrogen-bond donors (Lipinski definition) is 1. The molecule has 0 aromatic heterocycles. The first-order chi connectivity index (χ1) is 10.7. The van der Waals surface area contributed by atoms with E-state index in [0.29, 0.717) is 6.07 Å². The number of nitro benzene ring substituents is 1. The van der Waals surface area contributed by atoms with Crippen molar-refractivity contribution in [1.29, 1.82) is 0 Å². The number of hydrazine groups is 1. The molecule has 0 aliphatic rings. The molecule has 0 unspecified atom stereocenters. The molecule has 0 atom stereocenters. The van der Waals surface area contributed by atoms with Crippen LogP contribution in [0.5, 0.6) is 0 Å². The zero-order valence-corrected chi connectivity index (χ0v) is 13.3. The van der Waals surface area contributed by atoms with Crippen LogP contribution in [0.25, 0.3) is 0 Å². The van der Waals surface area contributed by atoms with Gasteiger partial charge in [0.25, 0.3) is 15.7 Å². The molecular formula is C12H16FN3O6S. The molecule has 1 N–H and O–H groups in total. The molecule has 0 fully saturated rings. The lowest BCUT2D eigenvalue weighted by Gasteiger charge is -2.20. The van der Waals surface area contributed by atoms with Crippen LogP contribution in [-0.4, -0.2) is 44.0 Å². The van der Waals surface area contributed by atoms with Crippen LogP contribution in [0.2, 0.25) is 0 Å². The van der Waals surface area contributed by atoms with Crippen LogP contribution in [0.1, 0.15) is 13.8 Å². The Hall–Kier alpha value is -2.11. The Labute approximate surface area is 132 Å². The summed E-state index contributed by atoms with van der Waals surface area (Å²) in [4.78, 5) is 22.6. The number of carbonyl (C=O) groups excluding carboxylic acids is 1. The molecule has 1 rings (SSSR count). The third-order valence-corrected chi connectivity index (χ3v) is 4.09. The molecule has 0 aliphatic heterocycles. The molecule has 23 heavy (non-hydrogen) atoms. The van der Waals surface area contributed by atoms with E-state index in [1.165, 1.54) is 0 Å². The van der Waals surface area contributed by atoms with Gasteiger partial charge in [-0.1, -0.05) is 6.92 Å². The maximum Gasteiger partial charge on any atom is 0.321 e. The summed E-state index contributed by atoms with van der Waals surface area (Å²) in [5, 5.41) is 11.9. The lowest BCUT2D eigenvalue weighted by atomic mass is 10.3. The van der Waals surface area contributed by atoms with Crippen molar-refractivity contribution >= 4 is 21.7 Å². The molecule has 0 heterocycles. The van der Waals surface area contributed by atoms with E-state index in [1.54, 1.807) is 13.8 Å². The molecule has 9 nitrogen and oxygen atoms in total. The fourth-order valence-corrected chi connectivity index (χ4v) is 2.94. The highest BCUT2D eigenvalue weighted by Gasteiger charge is 2.28. The first kappa shape index (κ1) is 18.9. The number of likely N-dealkylation sites (N-methyl/N-ethyl adjacent to an activating group) is 1. The molecule has 0 saturated heterocycles. The maximum atomic E-state index is 13.1. The summed E-state index contributed by atoms with van der Waals surface area (Å²) < 4.78 is 42.3. The number of halogens is 1. The van der Waals surface area contributed by atoms with Gasteiger partial charge in [-0.25, -0.2) is 17.8 Å². The zero-order chi connectivity index (χ0) is 17.6. The third-order valence-electron chi connectivity index (χ3n) is 2.66. The number of carbonyl (C=O) groups is 1. The van der Waals surface area contributed by atoms with Crippen LogP contribution in [0, 0.1) is 15.9 Å². The van der Waals surface area contributed by atoms with Crippen molar-refractivity contribution < 1.29 is 27.3 Å². The van der Waals surface area contributed by atoms with E-state index in [0.717, 1.165) is 17.1 Å². The average molecular weight is 349 g/mol. The third kappa shape index (κ3) is 5.23. The summed E-state index contributed by atoms with van der Waals surface area (Å²) in [6, 6.07) is 2.09. The molecule has 128 valence electrons. The topological polar surface area (TPSA) is 119 Å². The van der Waals surface area contributed by atoms with Gasteiger partial charge in [-0.3, -0.25) is 14.9 Å². The zero-order valence-electron chi connectivity index (χ0n) is 12.5. The Morgan fingerprint density at radius 2 is 2.09 bits per heavy atom. The van der Waals surface area contributed by atoms with Crippen LogP contribution in [-0.2, 0) is 19.6 Å². The summed E-state index contributed by atoms with van der Waals surface area (Å²) in [5.74, 6) is -1.60. The Balaban J connectivity index is 3.07. The normalized spacial score (nSPS) is 11.5. The van der Waals surface area contributed by atoms with Crippen molar-refractivity contribution in [2.45, 2.75) is 18.7 Å². The van der Waals surface area contributed by atoms with Gasteiger partial charge < -0.3 is 4.74 Å². The minimum Gasteiger partial charge on any atom is -0.465 e. The van der Waals surface area contributed by atoms with Gasteiger partial charge in [-0.15, -0.1) is 4.83 Å². The first-order valence-corrected chi connectivity index (χ1v) is 8.06. The number of nitrogens with zero attached hydrogens (tertiary/aromatic N) is 2. The van der Waals surface area contributed by atoms with Crippen molar-refractivity contribution in [3.63, 3.8) is 0 Å². The van der Waals surface area contributed by atoms with Crippen molar-refractivity contribution in [2.75, 3.05) is 19.7 Å². The van der Waals surface area contributed by atoms with Crippen molar-refractivity contribution in [3.05, 3.63) is 34.1 Å². The molecule has 0 radical (unpaired) electrons. The van der Waals surface area contributed by atoms with E-state index in [4.69, 9.17) is 4.74 Å². The van der Waals surface area contributed by atoms with E-state index in [-0.39, 0.29) is 19.7 Å². The number of esters is 1. The Morgan fingerprint density at radius 3 is 2.61 bits per heavy atom. The molecular weight excluding hydrogens is 333 g/mol. The van der Waals surface area contributed by atoms with Gasteiger partial charge in [0.2, 0.25) is 0 Å². The number of benzene rings is 1. The minimum absolute atomic E-state index is 0.104. The van der Waals surface area contributed by atoms with Crippen LogP contribution in [0.4, 0.5) is 10.1 Å². The van der Waals surface area contributed by atoms with Gasteiger partial charge in [0, 0.05) is 6.54 Å². The predicted molar refractivity (Wildman–Crippen MR) is 77.3 cm³/mol. The summed E-state index contributed by atoms with van der Waals surface area (Å²) in [6.45, 7) is 3.03. The largest absolute Gasteiger partial charge is 0.465 e. The molecule has 0 spiro atoms. The predicted octanol–water partition coefficient (Wildman–Crippen LogP) is 0.812. The number of nitrogens with one attached hydrogen (secondary N) is 1. The van der Waals surface area contributed by atoms with Crippen LogP contribution < -0.4 is 4.83 Å². The monoisotopic (exact) mass is 349 g/mol. The van der Waals surface area contributed by atoms with Gasteiger partial charge in [0.15, 0.2) is 4.90 Å². The molecule has 0 amide bonds. The smallest absolute Gasteiger partial charge is 0.321 e. The van der Waals surface area contributed by atoms with Crippen LogP contribution in [0.3, 0.4) is 0 Å². The number of hydrogen-bond acceptors (Lipinski definition) is 7. The highest BCUT2D eigenvalue weighted by Crippen LogP contribution is 2.24. The standard InChI is InChI=1S/C12H16FN3O6S/c1-3-15(8-12(17)22-4-2)14-23(20,21)11-6-5-9(13)7-10(11)16(18)19/h5-7,14H,3-4,8H2,1-2H3. The maximum absolute atomic E-state index is 13.1. The van der Waals surface area contributed by atoms with Crippen LogP contribution >= 0.6 is 0 Å². The van der Waals surface area contributed by atoms with Crippen molar-refractivity contribution in [3.8, 4) is 0 Å². The first-order valence-electron chi connectivity index (χ1n) is 6.58. The van der Waals surface area contributed by atoms with Gasteiger partial charge in [0.1, 0.15) is 12.4 Å². The van der Waals surface area contributed by atoms with E-state index >= 15 is 0 Å². The van der Waals surface area contributed by atoms with E-state index in [1.807, 2.05) is 4.83 Å². The van der Waals surface area contributed by atoms with E-state index < -0.39 is 37.3 Å². The lowest BCUT2D eigenvalue weighted by Crippen LogP contribution is -2.45. The molecule has 1 aromatic carbocycles. The van der Waals surface area contributed by atoms with Crippen molar-refractivity contribution in [1.82, 2.24) is 9.84 Å². The SMILES string of the molecule is CCOC(=O)CN(CC)NS(=O)(=O)c1ccc(F)cc1[N+](=O)[O-]. The van der Waals surface area contributed by atoms with Crippen molar-refractivity contribution in [2.24, 2.45) is 0 Å². The Bertz CT molecular complexity index is 694. The molecule has 0 aliphatic carbocycles. The molecule has 0 bridgehead atoms. The Kier molecular flexibility index (Phi) is 6.54. The number of ether oxygens (including phenoxy) is 1. The van der Waals surface area contributed by atoms with Gasteiger partial charge in [-0.2, -0.15) is 0 Å². The van der Waals surface area contributed by atoms with E-state index in [9.17, 15) is 27.7 Å². The number of nitro groups is 1. The van der Waals surface area contributed by atoms with Gasteiger partial charge in [-0.05, 0) is 19.1 Å². The van der Waals surface area contributed by atoms with Crippen LogP contribution in [0.15, 0.2) is 23.1 Å². The lowest BCUT2D eigenvalue weighted by molar-refractivity contribution is -0.388. The Morgan fingerprint density at radius 1 is 1.43 bits per heavy atom. The second-order valence-electron chi connectivity index (χ2n) is 4.28. The highest BCUT2D eigenvalue weighted by molar-refractivity contribution is 7.89. The molecule has 11 heteroatoms. The summed E-state index contributed by atoms with van der Waals surface area (Å²) in [6.07, 6.45) is 0. The second kappa shape index (κ2) is 7.94. The minimum atomic E-state index is -4.36. The fourth-order valence-electron chi connectivity index (χ4n) is 1.65. The highest BCUT2D eigenvalue weighted by atomic mass is 32.2. The number of sulfonamides is 1. The van der Waals surface area contributed by atoms with Gasteiger partial charge in [0.05, 0.1) is 17.6 Å². The fraction of sp³-hybridized carbons (Fsp3) is 0.417. The summed E-state index contributed by atoms with van der Waals surface area (Å²) in [5.41, 5.74) is -0.898. The summed E-state index contributed by atoms with van der Waals surface area (Å²) in [7, 11) is -4.36. The summed E-state index contributed by atoms with van der Waals surface area (Å²) >= 11 is 0. The molecule has 1 aromatic rings.